The predicted molar refractivity (Wildman–Crippen MR) is 110 cm³/mol. The molecule has 2 aliphatic rings. The van der Waals surface area contributed by atoms with Crippen LogP contribution in [0.4, 0.5) is 9.18 Å². The molecular formula is C20H22FN3O6S. The molecule has 0 bridgehead atoms. The molecule has 1 aromatic carbocycles. The number of sulfonamides is 1. The zero-order chi connectivity index (χ0) is 22.8. The van der Waals surface area contributed by atoms with E-state index in [-0.39, 0.29) is 30.9 Å². The van der Waals surface area contributed by atoms with Gasteiger partial charge in [-0.15, -0.1) is 0 Å². The minimum atomic E-state index is -3.94. The highest BCUT2D eigenvalue weighted by molar-refractivity contribution is 7.89. The van der Waals surface area contributed by atoms with E-state index in [1.165, 1.54) is 31.5 Å². The first kappa shape index (κ1) is 22.7. The number of carbonyl (C=O) groups excluding carboxylic acids is 1. The SMILES string of the molecule is COCc1cc(C2=CN(C(=O)O)C3CC(F)=CC=C23)ccc1S(=O)(=O)NCCC(N)=O. The number of benzene rings is 1. The summed E-state index contributed by atoms with van der Waals surface area (Å²) in [5.74, 6) is -1.05. The Balaban J connectivity index is 1.99. The molecule has 3 rings (SSSR count). The zero-order valence-electron chi connectivity index (χ0n) is 16.7. The Kier molecular flexibility index (Phi) is 6.58. The van der Waals surface area contributed by atoms with E-state index < -0.39 is 33.9 Å². The third-order valence-corrected chi connectivity index (χ3v) is 6.51. The van der Waals surface area contributed by atoms with Gasteiger partial charge in [0.25, 0.3) is 0 Å². The summed E-state index contributed by atoms with van der Waals surface area (Å²) in [6.45, 7) is -0.163. The summed E-state index contributed by atoms with van der Waals surface area (Å²) >= 11 is 0. The number of nitrogens with one attached hydrogen (secondary N) is 1. The van der Waals surface area contributed by atoms with Crippen LogP contribution in [-0.4, -0.2) is 50.1 Å². The lowest BCUT2D eigenvalue weighted by Crippen LogP contribution is -2.33. The Morgan fingerprint density at radius 1 is 1.35 bits per heavy atom. The highest BCUT2D eigenvalue weighted by atomic mass is 32.2. The van der Waals surface area contributed by atoms with E-state index in [1.54, 1.807) is 12.1 Å². The number of nitrogens with two attached hydrogens (primary N) is 1. The number of nitrogens with zero attached hydrogens (tertiary/aromatic N) is 1. The van der Waals surface area contributed by atoms with Gasteiger partial charge in [-0.2, -0.15) is 0 Å². The number of carbonyl (C=O) groups is 2. The molecule has 1 aliphatic heterocycles. The number of hydrogen-bond acceptors (Lipinski definition) is 5. The number of fused-ring (bicyclic) bond motifs is 1. The predicted octanol–water partition coefficient (Wildman–Crippen LogP) is 1.87. The lowest BCUT2D eigenvalue weighted by atomic mass is 9.90. The van der Waals surface area contributed by atoms with Crippen LogP contribution in [0.1, 0.15) is 24.0 Å². The average molecular weight is 451 g/mol. The van der Waals surface area contributed by atoms with E-state index >= 15 is 0 Å². The Bertz CT molecular complexity index is 1110. The van der Waals surface area contributed by atoms with E-state index in [2.05, 4.69) is 4.72 Å². The lowest BCUT2D eigenvalue weighted by molar-refractivity contribution is -0.117. The molecule has 0 spiro atoms. The Hall–Kier alpha value is -3.02. The maximum atomic E-state index is 13.7. The first-order chi connectivity index (χ1) is 14.6. The fraction of sp³-hybridized carbons (Fsp3) is 0.300. The molecule has 0 radical (unpaired) electrons. The summed E-state index contributed by atoms with van der Waals surface area (Å²) in [6.07, 6.45) is 2.81. The molecule has 31 heavy (non-hydrogen) atoms. The number of allylic oxidation sites excluding steroid dienone is 2. The minimum absolute atomic E-state index is 0.0210. The van der Waals surface area contributed by atoms with Crippen molar-refractivity contribution in [2.45, 2.75) is 30.4 Å². The Labute approximate surface area is 178 Å². The van der Waals surface area contributed by atoms with Crippen molar-refractivity contribution in [1.82, 2.24) is 9.62 Å². The monoisotopic (exact) mass is 451 g/mol. The van der Waals surface area contributed by atoms with Crippen LogP contribution in [0.15, 0.2) is 52.8 Å². The van der Waals surface area contributed by atoms with Gasteiger partial charge in [0.15, 0.2) is 0 Å². The van der Waals surface area contributed by atoms with E-state index in [9.17, 15) is 27.5 Å². The van der Waals surface area contributed by atoms with E-state index in [0.717, 1.165) is 4.90 Å². The molecule has 1 aliphatic carbocycles. The lowest BCUT2D eigenvalue weighted by Gasteiger charge is -2.23. The second kappa shape index (κ2) is 9.00. The summed E-state index contributed by atoms with van der Waals surface area (Å²) in [5, 5.41) is 9.49. The molecular weight excluding hydrogens is 429 g/mol. The Morgan fingerprint density at radius 3 is 2.74 bits per heavy atom. The van der Waals surface area contributed by atoms with Gasteiger partial charge in [0, 0.05) is 38.3 Å². The van der Waals surface area contributed by atoms with Crippen molar-refractivity contribution in [3.63, 3.8) is 0 Å². The van der Waals surface area contributed by atoms with Gasteiger partial charge in [0.2, 0.25) is 15.9 Å². The van der Waals surface area contributed by atoms with Crippen molar-refractivity contribution < 1.29 is 32.2 Å². The zero-order valence-corrected chi connectivity index (χ0v) is 17.5. The number of amides is 2. The maximum absolute atomic E-state index is 13.7. The standard InChI is InChI=1S/C20H22FN3O6S/c1-30-11-13-8-12(2-5-18(13)31(28,29)23-7-6-19(22)25)16-10-24(20(26)27)17-9-14(21)3-4-15(16)17/h2-5,8,10,17,23H,6-7,9,11H2,1H3,(H2,22,25)(H,26,27). The molecule has 0 fully saturated rings. The van der Waals surface area contributed by atoms with Crippen LogP contribution in [0.25, 0.3) is 5.57 Å². The van der Waals surface area contributed by atoms with Crippen LogP contribution in [-0.2, 0) is 26.2 Å². The van der Waals surface area contributed by atoms with Gasteiger partial charge in [-0.3, -0.25) is 9.69 Å². The summed E-state index contributed by atoms with van der Waals surface area (Å²) in [4.78, 5) is 23.5. The molecule has 4 N–H and O–H groups in total. The van der Waals surface area contributed by atoms with Crippen LogP contribution >= 0.6 is 0 Å². The molecule has 0 aromatic heterocycles. The number of ether oxygens (including phenoxy) is 1. The average Bonchev–Trinajstić information content (AvgIpc) is 3.06. The van der Waals surface area contributed by atoms with Crippen molar-refractivity contribution in [2.75, 3.05) is 13.7 Å². The van der Waals surface area contributed by atoms with Crippen molar-refractivity contribution in [2.24, 2.45) is 5.73 Å². The van der Waals surface area contributed by atoms with Crippen molar-refractivity contribution >= 4 is 27.6 Å². The summed E-state index contributed by atoms with van der Waals surface area (Å²) in [6, 6.07) is 3.85. The van der Waals surface area contributed by atoms with Gasteiger partial charge in [0.1, 0.15) is 5.83 Å². The smallest absolute Gasteiger partial charge is 0.411 e. The van der Waals surface area contributed by atoms with Crippen LogP contribution in [0.5, 0.6) is 0 Å². The summed E-state index contributed by atoms with van der Waals surface area (Å²) in [7, 11) is -2.52. The molecule has 1 aromatic rings. The molecule has 1 unspecified atom stereocenters. The highest BCUT2D eigenvalue weighted by Gasteiger charge is 2.36. The number of primary amides is 1. The molecule has 166 valence electrons. The second-order valence-electron chi connectivity index (χ2n) is 7.06. The topological polar surface area (TPSA) is 139 Å². The van der Waals surface area contributed by atoms with Crippen LogP contribution in [0.3, 0.4) is 0 Å². The first-order valence-electron chi connectivity index (χ1n) is 9.34. The third kappa shape index (κ3) is 4.84. The van der Waals surface area contributed by atoms with Gasteiger partial charge in [-0.1, -0.05) is 12.1 Å². The summed E-state index contributed by atoms with van der Waals surface area (Å²) in [5.41, 5.74) is 7.14. The third-order valence-electron chi connectivity index (χ3n) is 4.95. The number of carboxylic acid groups (broad SMARTS) is 1. The molecule has 0 saturated heterocycles. The van der Waals surface area contributed by atoms with Crippen molar-refractivity contribution in [3.8, 4) is 0 Å². The van der Waals surface area contributed by atoms with Crippen molar-refractivity contribution in [1.29, 1.82) is 0 Å². The van der Waals surface area contributed by atoms with Crippen LogP contribution < -0.4 is 10.5 Å². The van der Waals surface area contributed by atoms with Gasteiger partial charge in [0.05, 0.1) is 17.5 Å². The fourth-order valence-corrected chi connectivity index (χ4v) is 4.81. The molecule has 1 heterocycles. The van der Waals surface area contributed by atoms with Gasteiger partial charge >= 0.3 is 6.09 Å². The van der Waals surface area contributed by atoms with E-state index in [0.29, 0.717) is 22.3 Å². The van der Waals surface area contributed by atoms with Gasteiger partial charge in [-0.05, 0) is 34.9 Å². The normalized spacial score (nSPS) is 18.2. The minimum Gasteiger partial charge on any atom is -0.465 e. The van der Waals surface area contributed by atoms with E-state index in [4.69, 9.17) is 10.5 Å². The number of halogens is 1. The molecule has 2 amide bonds. The summed E-state index contributed by atoms with van der Waals surface area (Å²) < 4.78 is 46.5. The number of methoxy groups -OCH3 is 1. The molecule has 0 saturated carbocycles. The van der Waals surface area contributed by atoms with Crippen LogP contribution in [0, 0.1) is 0 Å². The number of rotatable bonds is 8. The Morgan fingerprint density at radius 2 is 2.10 bits per heavy atom. The van der Waals surface area contributed by atoms with Crippen LogP contribution in [0.2, 0.25) is 0 Å². The number of hydrogen-bond donors (Lipinski definition) is 3. The maximum Gasteiger partial charge on any atom is 0.411 e. The quantitative estimate of drug-likeness (QED) is 0.551. The van der Waals surface area contributed by atoms with Crippen molar-refractivity contribution in [3.05, 3.63) is 59.1 Å². The van der Waals surface area contributed by atoms with Gasteiger partial charge in [-0.25, -0.2) is 22.3 Å². The van der Waals surface area contributed by atoms with E-state index in [1.807, 2.05) is 0 Å². The second-order valence-corrected chi connectivity index (χ2v) is 8.79. The first-order valence-corrected chi connectivity index (χ1v) is 10.8. The van der Waals surface area contributed by atoms with Gasteiger partial charge < -0.3 is 15.6 Å². The molecule has 11 heteroatoms. The molecule has 9 nitrogen and oxygen atoms in total. The molecule has 1 atom stereocenters. The highest BCUT2D eigenvalue weighted by Crippen LogP contribution is 2.40. The fourth-order valence-electron chi connectivity index (χ4n) is 3.57. The largest absolute Gasteiger partial charge is 0.465 e.